The SMILES string of the molecule is CC1(C)OC[C@@H](Cn2ccc(NC(=O)CCC3CCCC3)n2)O1. The first-order valence-corrected chi connectivity index (χ1v) is 8.65. The molecule has 3 rings (SSSR count). The van der Waals surface area contributed by atoms with Crippen LogP contribution in [-0.2, 0) is 20.8 Å². The lowest BCUT2D eigenvalue weighted by Gasteiger charge is -2.16. The number of nitrogens with zero attached hydrogens (tertiary/aromatic N) is 2. The van der Waals surface area contributed by atoms with Crippen molar-refractivity contribution in [2.75, 3.05) is 11.9 Å². The van der Waals surface area contributed by atoms with Crippen molar-refractivity contribution in [3.63, 3.8) is 0 Å². The third-order valence-corrected chi connectivity index (χ3v) is 4.62. The first-order valence-electron chi connectivity index (χ1n) is 8.65. The van der Waals surface area contributed by atoms with Crippen molar-refractivity contribution < 1.29 is 14.3 Å². The third-order valence-electron chi connectivity index (χ3n) is 4.62. The predicted octanol–water partition coefficient (Wildman–Crippen LogP) is 2.94. The number of nitrogens with one attached hydrogen (secondary N) is 1. The van der Waals surface area contributed by atoms with E-state index in [1.54, 1.807) is 4.68 Å². The topological polar surface area (TPSA) is 65.4 Å². The van der Waals surface area contributed by atoms with Crippen LogP contribution >= 0.6 is 0 Å². The Bertz CT molecular complexity index is 535. The number of carbonyl (C=O) groups excluding carboxylic acids is 1. The van der Waals surface area contributed by atoms with Crippen LogP contribution in [0.3, 0.4) is 0 Å². The van der Waals surface area contributed by atoms with Crippen molar-refractivity contribution in [2.45, 2.75) is 70.8 Å². The summed E-state index contributed by atoms with van der Waals surface area (Å²) < 4.78 is 13.1. The molecule has 0 radical (unpaired) electrons. The number of ether oxygens (including phenoxy) is 2. The molecule has 0 bridgehead atoms. The van der Waals surface area contributed by atoms with Gasteiger partial charge in [0.25, 0.3) is 0 Å². The van der Waals surface area contributed by atoms with E-state index in [-0.39, 0.29) is 12.0 Å². The molecule has 1 aromatic heterocycles. The molecule has 2 aliphatic rings. The van der Waals surface area contributed by atoms with Crippen LogP contribution in [0.25, 0.3) is 0 Å². The standard InChI is InChI=1S/C17H27N3O3/c1-17(2)22-12-14(23-17)11-20-10-9-15(19-20)18-16(21)8-7-13-5-3-4-6-13/h9-10,13-14H,3-8,11-12H2,1-2H3,(H,18,19,21)/t14-/m1/s1. The molecule has 1 aromatic rings. The number of amides is 1. The zero-order valence-electron chi connectivity index (χ0n) is 14.1. The van der Waals surface area contributed by atoms with Gasteiger partial charge in [0.05, 0.1) is 13.2 Å². The summed E-state index contributed by atoms with van der Waals surface area (Å²) in [5, 5.41) is 7.27. The van der Waals surface area contributed by atoms with Gasteiger partial charge in [-0.25, -0.2) is 0 Å². The fourth-order valence-electron chi connectivity index (χ4n) is 3.43. The number of hydrogen-bond donors (Lipinski definition) is 1. The average Bonchev–Trinajstić information content (AvgIpc) is 3.20. The Morgan fingerprint density at radius 3 is 2.91 bits per heavy atom. The van der Waals surface area contributed by atoms with Crippen molar-refractivity contribution in [3.8, 4) is 0 Å². The zero-order chi connectivity index (χ0) is 16.3. The Labute approximate surface area is 137 Å². The van der Waals surface area contributed by atoms with E-state index in [1.807, 2.05) is 26.1 Å². The smallest absolute Gasteiger partial charge is 0.225 e. The largest absolute Gasteiger partial charge is 0.348 e. The zero-order valence-corrected chi connectivity index (χ0v) is 14.1. The maximum atomic E-state index is 12.0. The predicted molar refractivity (Wildman–Crippen MR) is 87.0 cm³/mol. The van der Waals surface area contributed by atoms with E-state index in [4.69, 9.17) is 9.47 Å². The quantitative estimate of drug-likeness (QED) is 0.875. The molecule has 1 atom stereocenters. The molecule has 2 fully saturated rings. The van der Waals surface area contributed by atoms with E-state index in [0.29, 0.717) is 25.4 Å². The summed E-state index contributed by atoms with van der Waals surface area (Å²) in [6, 6.07) is 1.83. The highest BCUT2D eigenvalue weighted by molar-refractivity contribution is 5.89. The number of carbonyl (C=O) groups is 1. The minimum absolute atomic E-state index is 0.00387. The Morgan fingerprint density at radius 2 is 2.22 bits per heavy atom. The lowest BCUT2D eigenvalue weighted by molar-refractivity contribution is -0.139. The normalized spacial score (nSPS) is 24.2. The fourth-order valence-corrected chi connectivity index (χ4v) is 3.43. The second-order valence-corrected chi connectivity index (χ2v) is 7.11. The lowest BCUT2D eigenvalue weighted by Crippen LogP contribution is -2.24. The van der Waals surface area contributed by atoms with Gasteiger partial charge in [-0.15, -0.1) is 0 Å². The fraction of sp³-hybridized carbons (Fsp3) is 0.765. The maximum Gasteiger partial charge on any atom is 0.225 e. The average molecular weight is 321 g/mol. The molecule has 23 heavy (non-hydrogen) atoms. The van der Waals surface area contributed by atoms with Crippen LogP contribution < -0.4 is 5.32 Å². The second kappa shape index (κ2) is 7.01. The van der Waals surface area contributed by atoms with E-state index >= 15 is 0 Å². The summed E-state index contributed by atoms with van der Waals surface area (Å²) in [6.45, 7) is 5.01. The molecule has 1 saturated heterocycles. The van der Waals surface area contributed by atoms with Crippen molar-refractivity contribution in [1.82, 2.24) is 9.78 Å². The molecule has 1 aliphatic carbocycles. The van der Waals surface area contributed by atoms with Gasteiger partial charge in [-0.1, -0.05) is 25.7 Å². The number of rotatable bonds is 6. The van der Waals surface area contributed by atoms with Crippen molar-refractivity contribution in [3.05, 3.63) is 12.3 Å². The molecule has 1 N–H and O–H groups in total. The monoisotopic (exact) mass is 321 g/mol. The van der Waals surface area contributed by atoms with Crippen LogP contribution in [-0.4, -0.2) is 34.2 Å². The summed E-state index contributed by atoms with van der Waals surface area (Å²) in [5.74, 6) is 0.888. The van der Waals surface area contributed by atoms with Crippen LogP contribution in [0.5, 0.6) is 0 Å². The van der Waals surface area contributed by atoms with Crippen LogP contribution in [0.4, 0.5) is 5.82 Å². The van der Waals surface area contributed by atoms with E-state index in [9.17, 15) is 4.79 Å². The Kier molecular flexibility index (Phi) is 5.02. The van der Waals surface area contributed by atoms with Gasteiger partial charge in [0.1, 0.15) is 6.10 Å². The Hall–Kier alpha value is -1.40. The third kappa shape index (κ3) is 4.78. The molecule has 6 nitrogen and oxygen atoms in total. The summed E-state index contributed by atoms with van der Waals surface area (Å²) in [6.07, 6.45) is 8.64. The molecule has 1 amide bonds. The van der Waals surface area contributed by atoms with E-state index in [0.717, 1.165) is 12.3 Å². The Balaban J connectivity index is 1.42. The van der Waals surface area contributed by atoms with Gasteiger partial charge in [-0.05, 0) is 26.2 Å². The van der Waals surface area contributed by atoms with Gasteiger partial charge in [0.15, 0.2) is 11.6 Å². The second-order valence-electron chi connectivity index (χ2n) is 7.11. The first kappa shape index (κ1) is 16.5. The number of aromatic nitrogens is 2. The molecule has 2 heterocycles. The van der Waals surface area contributed by atoms with Gasteiger partial charge in [-0.3, -0.25) is 9.48 Å². The van der Waals surface area contributed by atoms with Crippen molar-refractivity contribution in [2.24, 2.45) is 5.92 Å². The number of hydrogen-bond acceptors (Lipinski definition) is 4. The van der Waals surface area contributed by atoms with E-state index < -0.39 is 5.79 Å². The van der Waals surface area contributed by atoms with Crippen LogP contribution in [0, 0.1) is 5.92 Å². The molecule has 128 valence electrons. The van der Waals surface area contributed by atoms with Crippen LogP contribution in [0.15, 0.2) is 12.3 Å². The Morgan fingerprint density at radius 1 is 1.43 bits per heavy atom. The molecule has 0 spiro atoms. The van der Waals surface area contributed by atoms with Gasteiger partial charge in [0.2, 0.25) is 5.91 Å². The van der Waals surface area contributed by atoms with E-state index in [1.165, 1.54) is 25.7 Å². The highest BCUT2D eigenvalue weighted by atomic mass is 16.7. The highest BCUT2D eigenvalue weighted by Crippen LogP contribution is 2.28. The highest BCUT2D eigenvalue weighted by Gasteiger charge is 2.32. The summed E-state index contributed by atoms with van der Waals surface area (Å²) >= 11 is 0. The van der Waals surface area contributed by atoms with Crippen molar-refractivity contribution >= 4 is 11.7 Å². The molecular weight excluding hydrogens is 294 g/mol. The number of anilines is 1. The van der Waals surface area contributed by atoms with Crippen LogP contribution in [0.2, 0.25) is 0 Å². The molecule has 0 unspecified atom stereocenters. The molecule has 0 aromatic carbocycles. The van der Waals surface area contributed by atoms with Gasteiger partial charge in [-0.2, -0.15) is 5.10 Å². The summed E-state index contributed by atoms with van der Waals surface area (Å²) in [7, 11) is 0. The van der Waals surface area contributed by atoms with Gasteiger partial charge >= 0.3 is 0 Å². The molecular formula is C17H27N3O3. The summed E-state index contributed by atoms with van der Waals surface area (Å²) in [5.41, 5.74) is 0. The molecule has 6 heteroatoms. The maximum absolute atomic E-state index is 12.0. The molecule has 1 aliphatic heterocycles. The van der Waals surface area contributed by atoms with Gasteiger partial charge in [0, 0.05) is 18.7 Å². The van der Waals surface area contributed by atoms with Crippen LogP contribution in [0.1, 0.15) is 52.4 Å². The minimum atomic E-state index is -0.519. The minimum Gasteiger partial charge on any atom is -0.348 e. The summed E-state index contributed by atoms with van der Waals surface area (Å²) in [4.78, 5) is 12.0. The van der Waals surface area contributed by atoms with Gasteiger partial charge < -0.3 is 14.8 Å². The van der Waals surface area contributed by atoms with Crippen molar-refractivity contribution in [1.29, 1.82) is 0 Å². The lowest BCUT2D eigenvalue weighted by atomic mass is 10.0. The first-order chi connectivity index (χ1) is 11.0. The molecule has 1 saturated carbocycles. The van der Waals surface area contributed by atoms with E-state index in [2.05, 4.69) is 10.4 Å².